The summed E-state index contributed by atoms with van der Waals surface area (Å²) in [5.74, 6) is 0. The Hall–Kier alpha value is -0.400. The van der Waals surface area contributed by atoms with Crippen LogP contribution < -0.4 is 5.32 Å². The molecule has 0 aliphatic carbocycles. The van der Waals surface area contributed by atoms with Crippen molar-refractivity contribution >= 4 is 38.5 Å². The molecule has 1 aromatic carbocycles. The van der Waals surface area contributed by atoms with Gasteiger partial charge in [-0.1, -0.05) is 22.9 Å². The summed E-state index contributed by atoms with van der Waals surface area (Å²) in [5, 5.41) is 8.01. The molecule has 1 atom stereocenters. The van der Waals surface area contributed by atoms with Gasteiger partial charge in [0.25, 0.3) is 0 Å². The van der Waals surface area contributed by atoms with E-state index in [0.717, 1.165) is 23.1 Å². The molecule has 1 unspecified atom stereocenters. The Labute approximate surface area is 136 Å². The second-order valence-electron chi connectivity index (χ2n) is 4.46. The van der Waals surface area contributed by atoms with Crippen LogP contribution in [0, 0.1) is 3.57 Å². The van der Waals surface area contributed by atoms with Gasteiger partial charge in [-0.15, -0.1) is 0 Å². The fourth-order valence-corrected chi connectivity index (χ4v) is 3.14. The zero-order valence-corrected chi connectivity index (χ0v) is 14.8. The van der Waals surface area contributed by atoms with Crippen molar-refractivity contribution in [2.75, 3.05) is 6.54 Å². The Morgan fingerprint density at radius 1 is 1.42 bits per heavy atom. The third-order valence-corrected chi connectivity index (χ3v) is 4.36. The molecule has 0 aliphatic heterocycles. The van der Waals surface area contributed by atoms with Crippen LogP contribution >= 0.6 is 38.5 Å². The van der Waals surface area contributed by atoms with E-state index in [0.29, 0.717) is 0 Å². The third kappa shape index (κ3) is 4.03. The predicted molar refractivity (Wildman–Crippen MR) is 90.2 cm³/mol. The van der Waals surface area contributed by atoms with Crippen LogP contribution in [0.2, 0.25) is 0 Å². The molecule has 0 amide bonds. The molecule has 2 aromatic rings. The molecular formula is C14H17BrIN3. The van der Waals surface area contributed by atoms with E-state index >= 15 is 0 Å². The summed E-state index contributed by atoms with van der Waals surface area (Å²) >= 11 is 6.00. The fourth-order valence-electron chi connectivity index (χ4n) is 2.10. The summed E-state index contributed by atoms with van der Waals surface area (Å²) in [6.07, 6.45) is 2.88. The van der Waals surface area contributed by atoms with Crippen LogP contribution in [0.3, 0.4) is 0 Å². The molecule has 19 heavy (non-hydrogen) atoms. The SMILES string of the molecule is CCNC(Cc1ccn(C)n1)c1cc(I)ccc1Br. The van der Waals surface area contributed by atoms with Crippen molar-refractivity contribution in [2.45, 2.75) is 19.4 Å². The number of aryl methyl sites for hydroxylation is 1. The van der Waals surface area contributed by atoms with Crippen LogP contribution in [0.4, 0.5) is 0 Å². The Balaban J connectivity index is 2.26. The summed E-state index contributed by atoms with van der Waals surface area (Å²) < 4.78 is 4.25. The van der Waals surface area contributed by atoms with E-state index in [1.165, 1.54) is 9.13 Å². The second kappa shape index (κ2) is 6.85. The van der Waals surface area contributed by atoms with E-state index in [9.17, 15) is 0 Å². The van der Waals surface area contributed by atoms with Crippen molar-refractivity contribution in [3.8, 4) is 0 Å². The monoisotopic (exact) mass is 433 g/mol. The highest BCUT2D eigenvalue weighted by atomic mass is 127. The first-order valence-electron chi connectivity index (χ1n) is 6.27. The Bertz CT molecular complexity index is 553. The number of hydrogen-bond acceptors (Lipinski definition) is 2. The molecule has 102 valence electrons. The standard InChI is InChI=1S/C14H17BrIN3/c1-3-17-14(9-11-6-7-19(2)18-11)12-8-10(16)4-5-13(12)15/h4-8,14,17H,3,9H2,1-2H3. The van der Waals surface area contributed by atoms with Gasteiger partial charge in [-0.25, -0.2) is 0 Å². The maximum absolute atomic E-state index is 4.47. The highest BCUT2D eigenvalue weighted by Gasteiger charge is 2.15. The van der Waals surface area contributed by atoms with Crippen LogP contribution in [0.5, 0.6) is 0 Å². The number of rotatable bonds is 5. The number of nitrogens with zero attached hydrogens (tertiary/aromatic N) is 2. The molecule has 1 aromatic heterocycles. The molecule has 0 saturated heterocycles. The second-order valence-corrected chi connectivity index (χ2v) is 6.56. The fraction of sp³-hybridized carbons (Fsp3) is 0.357. The smallest absolute Gasteiger partial charge is 0.0643 e. The molecule has 0 aliphatic rings. The van der Waals surface area contributed by atoms with Gasteiger partial charge in [0.2, 0.25) is 0 Å². The summed E-state index contributed by atoms with van der Waals surface area (Å²) in [4.78, 5) is 0. The summed E-state index contributed by atoms with van der Waals surface area (Å²) in [7, 11) is 1.95. The average Bonchev–Trinajstić information content (AvgIpc) is 2.77. The van der Waals surface area contributed by atoms with Crippen molar-refractivity contribution in [1.82, 2.24) is 15.1 Å². The minimum absolute atomic E-state index is 0.281. The molecule has 0 fully saturated rings. The van der Waals surface area contributed by atoms with E-state index < -0.39 is 0 Å². The molecule has 0 bridgehead atoms. The quantitative estimate of drug-likeness (QED) is 0.729. The molecule has 3 nitrogen and oxygen atoms in total. The summed E-state index contributed by atoms with van der Waals surface area (Å²) in [5.41, 5.74) is 2.40. The lowest BCUT2D eigenvalue weighted by Crippen LogP contribution is -2.23. The van der Waals surface area contributed by atoms with Gasteiger partial charge < -0.3 is 5.32 Å². The van der Waals surface area contributed by atoms with E-state index in [-0.39, 0.29) is 6.04 Å². The first-order chi connectivity index (χ1) is 9.10. The zero-order valence-electron chi connectivity index (χ0n) is 11.0. The maximum atomic E-state index is 4.47. The summed E-state index contributed by atoms with van der Waals surface area (Å²) in [6.45, 7) is 3.07. The van der Waals surface area contributed by atoms with Crippen molar-refractivity contribution in [1.29, 1.82) is 0 Å². The van der Waals surface area contributed by atoms with Crippen molar-refractivity contribution in [2.24, 2.45) is 7.05 Å². The minimum atomic E-state index is 0.281. The van der Waals surface area contributed by atoms with Crippen LogP contribution in [-0.2, 0) is 13.5 Å². The van der Waals surface area contributed by atoms with Crippen LogP contribution in [0.1, 0.15) is 24.2 Å². The van der Waals surface area contributed by atoms with Gasteiger partial charge in [-0.05, 0) is 59.0 Å². The molecule has 0 saturated carbocycles. The van der Waals surface area contributed by atoms with Gasteiger partial charge in [-0.2, -0.15) is 5.10 Å². The van der Waals surface area contributed by atoms with Gasteiger partial charge >= 0.3 is 0 Å². The van der Waals surface area contributed by atoms with Crippen molar-refractivity contribution in [3.63, 3.8) is 0 Å². The lowest BCUT2D eigenvalue weighted by Gasteiger charge is -2.19. The van der Waals surface area contributed by atoms with Crippen molar-refractivity contribution < 1.29 is 0 Å². The lowest BCUT2D eigenvalue weighted by molar-refractivity contribution is 0.538. The van der Waals surface area contributed by atoms with E-state index in [1.807, 2.05) is 17.9 Å². The predicted octanol–water partition coefficient (Wildman–Crippen LogP) is 3.68. The number of hydrogen-bond donors (Lipinski definition) is 1. The average molecular weight is 434 g/mol. The minimum Gasteiger partial charge on any atom is -0.310 e. The number of nitrogens with one attached hydrogen (secondary N) is 1. The van der Waals surface area contributed by atoms with Gasteiger partial charge in [0.15, 0.2) is 0 Å². The first-order valence-corrected chi connectivity index (χ1v) is 8.14. The van der Waals surface area contributed by atoms with Crippen LogP contribution in [0.25, 0.3) is 0 Å². The zero-order chi connectivity index (χ0) is 13.8. The molecule has 1 N–H and O–H groups in total. The van der Waals surface area contributed by atoms with E-state index in [1.54, 1.807) is 0 Å². The van der Waals surface area contributed by atoms with Crippen LogP contribution in [0.15, 0.2) is 34.9 Å². The van der Waals surface area contributed by atoms with Crippen molar-refractivity contribution in [3.05, 3.63) is 49.8 Å². The number of benzene rings is 1. The number of halogens is 2. The van der Waals surface area contributed by atoms with E-state index in [2.05, 4.69) is 80.1 Å². The Morgan fingerprint density at radius 2 is 2.21 bits per heavy atom. The normalized spacial score (nSPS) is 12.6. The highest BCUT2D eigenvalue weighted by molar-refractivity contribution is 14.1. The largest absolute Gasteiger partial charge is 0.310 e. The van der Waals surface area contributed by atoms with Gasteiger partial charge in [0, 0.05) is 33.8 Å². The Morgan fingerprint density at radius 3 is 2.84 bits per heavy atom. The summed E-state index contributed by atoms with van der Waals surface area (Å²) in [6, 6.07) is 8.80. The van der Waals surface area contributed by atoms with E-state index in [4.69, 9.17) is 0 Å². The highest BCUT2D eigenvalue weighted by Crippen LogP contribution is 2.27. The topological polar surface area (TPSA) is 29.9 Å². The molecule has 0 spiro atoms. The third-order valence-electron chi connectivity index (χ3n) is 2.97. The van der Waals surface area contributed by atoms with Gasteiger partial charge in [-0.3, -0.25) is 4.68 Å². The maximum Gasteiger partial charge on any atom is 0.0643 e. The molecular weight excluding hydrogens is 417 g/mol. The lowest BCUT2D eigenvalue weighted by atomic mass is 10.0. The molecule has 1 heterocycles. The van der Waals surface area contributed by atoms with Gasteiger partial charge in [0.1, 0.15) is 0 Å². The molecule has 5 heteroatoms. The molecule has 0 radical (unpaired) electrons. The Kier molecular flexibility index (Phi) is 5.41. The molecule has 2 rings (SSSR count). The number of likely N-dealkylation sites (N-methyl/N-ethyl adjacent to an activating group) is 1. The van der Waals surface area contributed by atoms with Crippen LogP contribution in [-0.4, -0.2) is 16.3 Å². The number of aromatic nitrogens is 2. The first kappa shape index (κ1) is 15.0. The van der Waals surface area contributed by atoms with Gasteiger partial charge in [0.05, 0.1) is 5.69 Å².